The van der Waals surface area contributed by atoms with E-state index in [-0.39, 0.29) is 17.8 Å². The van der Waals surface area contributed by atoms with Crippen molar-refractivity contribution in [2.75, 3.05) is 13.1 Å². The molecule has 1 amide bonds. The molecule has 0 radical (unpaired) electrons. The van der Waals surface area contributed by atoms with E-state index in [0.717, 1.165) is 29.3 Å². The summed E-state index contributed by atoms with van der Waals surface area (Å²) in [6, 6.07) is 11.9. The maximum atomic E-state index is 13.2. The van der Waals surface area contributed by atoms with E-state index in [1.807, 2.05) is 30.0 Å². The molecule has 0 aliphatic carbocycles. The number of benzene rings is 2. The highest BCUT2D eigenvalue weighted by atomic mass is 35.5. The van der Waals surface area contributed by atoms with E-state index in [0.29, 0.717) is 29.6 Å². The number of aryl methyl sites for hydroxylation is 1. The Morgan fingerprint density at radius 1 is 1.19 bits per heavy atom. The van der Waals surface area contributed by atoms with Crippen molar-refractivity contribution in [3.8, 4) is 5.75 Å². The topological polar surface area (TPSA) is 45.3 Å². The number of likely N-dealkylation sites (tertiary alicyclic amines) is 1. The molecule has 1 aromatic heterocycles. The van der Waals surface area contributed by atoms with Crippen LogP contribution in [0.3, 0.4) is 0 Å². The Labute approximate surface area is 161 Å². The smallest absolute Gasteiger partial charge is 0.270 e. The second-order valence-corrected chi connectivity index (χ2v) is 7.37. The third-order valence-electron chi connectivity index (χ3n) is 4.97. The van der Waals surface area contributed by atoms with Crippen molar-refractivity contribution in [1.82, 2.24) is 9.88 Å². The summed E-state index contributed by atoms with van der Waals surface area (Å²) >= 11 is 6.01. The predicted octanol–water partition coefficient (Wildman–Crippen LogP) is 4.95. The molecule has 0 atom stereocenters. The Kier molecular flexibility index (Phi) is 4.79. The number of halogens is 2. The van der Waals surface area contributed by atoms with E-state index in [2.05, 4.69) is 4.98 Å². The van der Waals surface area contributed by atoms with Gasteiger partial charge in [0.15, 0.2) is 0 Å². The largest absolute Gasteiger partial charge is 0.490 e. The van der Waals surface area contributed by atoms with Crippen molar-refractivity contribution >= 4 is 28.4 Å². The van der Waals surface area contributed by atoms with E-state index in [1.165, 1.54) is 12.1 Å². The van der Waals surface area contributed by atoms with Crippen LogP contribution in [-0.2, 0) is 0 Å². The molecule has 4 rings (SSSR count). The van der Waals surface area contributed by atoms with Crippen molar-refractivity contribution in [3.05, 3.63) is 64.6 Å². The van der Waals surface area contributed by atoms with Gasteiger partial charge < -0.3 is 14.6 Å². The molecule has 2 heterocycles. The van der Waals surface area contributed by atoms with Gasteiger partial charge in [-0.1, -0.05) is 11.6 Å². The van der Waals surface area contributed by atoms with Gasteiger partial charge in [0.25, 0.3) is 5.91 Å². The number of piperidine rings is 1. The third kappa shape index (κ3) is 3.78. The maximum Gasteiger partial charge on any atom is 0.270 e. The van der Waals surface area contributed by atoms with Crippen LogP contribution in [0.15, 0.2) is 42.5 Å². The lowest BCUT2D eigenvalue weighted by Crippen LogP contribution is -2.42. The van der Waals surface area contributed by atoms with Crippen molar-refractivity contribution < 1.29 is 13.9 Å². The van der Waals surface area contributed by atoms with Gasteiger partial charge in [0, 0.05) is 41.9 Å². The van der Waals surface area contributed by atoms with E-state index in [9.17, 15) is 9.18 Å². The number of fused-ring (bicyclic) bond motifs is 1. The first kappa shape index (κ1) is 17.9. The Morgan fingerprint density at radius 3 is 2.70 bits per heavy atom. The van der Waals surface area contributed by atoms with E-state index < -0.39 is 0 Å². The summed E-state index contributed by atoms with van der Waals surface area (Å²) in [5.41, 5.74) is 2.25. The van der Waals surface area contributed by atoms with Crippen LogP contribution in [0.4, 0.5) is 4.39 Å². The monoisotopic (exact) mass is 386 g/mol. The normalized spacial score (nSPS) is 15.3. The standard InChI is InChI=1S/C21H20ClFN2O2/c1-13-10-16(23)3-5-20(13)27-17-6-8-25(9-7-17)21(26)19-12-14-11-15(22)2-4-18(14)24-19/h2-5,10-12,17,24H,6-9H2,1H3. The van der Waals surface area contributed by atoms with Crippen molar-refractivity contribution in [1.29, 1.82) is 0 Å². The van der Waals surface area contributed by atoms with Gasteiger partial charge in [-0.15, -0.1) is 0 Å². The first-order chi connectivity index (χ1) is 13.0. The van der Waals surface area contributed by atoms with Crippen LogP contribution < -0.4 is 4.74 Å². The molecule has 0 spiro atoms. The van der Waals surface area contributed by atoms with Crippen LogP contribution in [0, 0.1) is 12.7 Å². The molecule has 27 heavy (non-hydrogen) atoms. The fraction of sp³-hybridized carbons (Fsp3) is 0.286. The van der Waals surface area contributed by atoms with Crippen LogP contribution in [-0.4, -0.2) is 35.0 Å². The summed E-state index contributed by atoms with van der Waals surface area (Å²) < 4.78 is 19.2. The van der Waals surface area contributed by atoms with Crippen molar-refractivity contribution in [2.45, 2.75) is 25.9 Å². The van der Waals surface area contributed by atoms with Crippen LogP contribution in [0.25, 0.3) is 10.9 Å². The maximum absolute atomic E-state index is 13.2. The zero-order valence-electron chi connectivity index (χ0n) is 15.0. The average molecular weight is 387 g/mol. The molecular weight excluding hydrogens is 367 g/mol. The Hall–Kier alpha value is -2.53. The molecule has 1 aliphatic heterocycles. The molecule has 1 saturated heterocycles. The van der Waals surface area contributed by atoms with Crippen LogP contribution in [0.2, 0.25) is 5.02 Å². The van der Waals surface area contributed by atoms with Gasteiger partial charge >= 0.3 is 0 Å². The molecule has 1 aliphatic rings. The number of nitrogens with one attached hydrogen (secondary N) is 1. The lowest BCUT2D eigenvalue weighted by molar-refractivity contribution is 0.0589. The lowest BCUT2D eigenvalue weighted by Gasteiger charge is -2.32. The number of H-pyrrole nitrogens is 1. The fourth-order valence-corrected chi connectivity index (χ4v) is 3.67. The fourth-order valence-electron chi connectivity index (χ4n) is 3.49. The first-order valence-electron chi connectivity index (χ1n) is 9.00. The summed E-state index contributed by atoms with van der Waals surface area (Å²) in [4.78, 5) is 17.8. The zero-order valence-corrected chi connectivity index (χ0v) is 15.7. The molecule has 0 saturated carbocycles. The van der Waals surface area contributed by atoms with Gasteiger partial charge in [-0.05, 0) is 55.0 Å². The molecule has 3 aromatic rings. The highest BCUT2D eigenvalue weighted by molar-refractivity contribution is 6.31. The van der Waals surface area contributed by atoms with Gasteiger partial charge in [-0.2, -0.15) is 0 Å². The van der Waals surface area contributed by atoms with E-state index >= 15 is 0 Å². The summed E-state index contributed by atoms with van der Waals surface area (Å²) in [5, 5.41) is 1.57. The number of nitrogens with zero attached hydrogens (tertiary/aromatic N) is 1. The molecule has 0 bridgehead atoms. The quantitative estimate of drug-likeness (QED) is 0.692. The van der Waals surface area contributed by atoms with Crippen LogP contribution in [0.1, 0.15) is 28.9 Å². The Balaban J connectivity index is 1.40. The number of rotatable bonds is 3. The first-order valence-corrected chi connectivity index (χ1v) is 9.38. The minimum absolute atomic E-state index is 0.0151. The number of ether oxygens (including phenoxy) is 1. The molecule has 1 N–H and O–H groups in total. The van der Waals surface area contributed by atoms with Crippen molar-refractivity contribution in [2.24, 2.45) is 0 Å². The van der Waals surface area contributed by atoms with Gasteiger partial charge in [-0.3, -0.25) is 4.79 Å². The second kappa shape index (κ2) is 7.24. The van der Waals surface area contributed by atoms with E-state index in [4.69, 9.17) is 16.3 Å². The van der Waals surface area contributed by atoms with E-state index in [1.54, 1.807) is 12.1 Å². The molecule has 6 heteroatoms. The van der Waals surface area contributed by atoms with Gasteiger partial charge in [0.2, 0.25) is 0 Å². The molecule has 2 aromatic carbocycles. The number of carbonyl (C=O) groups is 1. The molecular formula is C21H20ClFN2O2. The summed E-state index contributed by atoms with van der Waals surface area (Å²) in [7, 11) is 0. The molecule has 1 fully saturated rings. The SMILES string of the molecule is Cc1cc(F)ccc1OC1CCN(C(=O)c2cc3cc(Cl)ccc3[nH]2)CC1. The Bertz CT molecular complexity index is 993. The summed E-state index contributed by atoms with van der Waals surface area (Å²) in [6.07, 6.45) is 1.52. The predicted molar refractivity (Wildman–Crippen MR) is 104 cm³/mol. The average Bonchev–Trinajstić information content (AvgIpc) is 3.07. The van der Waals surface area contributed by atoms with Crippen molar-refractivity contribution in [3.63, 3.8) is 0 Å². The number of amides is 1. The minimum atomic E-state index is -0.264. The summed E-state index contributed by atoms with van der Waals surface area (Å²) in [5.74, 6) is 0.423. The van der Waals surface area contributed by atoms with Gasteiger partial charge in [0.1, 0.15) is 23.4 Å². The lowest BCUT2D eigenvalue weighted by atomic mass is 10.1. The third-order valence-corrected chi connectivity index (χ3v) is 5.21. The molecule has 140 valence electrons. The Morgan fingerprint density at radius 2 is 1.96 bits per heavy atom. The van der Waals surface area contributed by atoms with Gasteiger partial charge in [0.05, 0.1) is 0 Å². The number of aromatic nitrogens is 1. The molecule has 0 unspecified atom stereocenters. The summed E-state index contributed by atoms with van der Waals surface area (Å²) in [6.45, 7) is 3.08. The number of carbonyl (C=O) groups excluding carboxylic acids is 1. The highest BCUT2D eigenvalue weighted by Crippen LogP contribution is 2.25. The minimum Gasteiger partial charge on any atom is -0.490 e. The molecule has 4 nitrogen and oxygen atoms in total. The second-order valence-electron chi connectivity index (χ2n) is 6.93. The highest BCUT2D eigenvalue weighted by Gasteiger charge is 2.26. The van der Waals surface area contributed by atoms with Gasteiger partial charge in [-0.25, -0.2) is 4.39 Å². The number of hydrogen-bond acceptors (Lipinski definition) is 2. The van der Waals surface area contributed by atoms with Crippen LogP contribution in [0.5, 0.6) is 5.75 Å². The zero-order chi connectivity index (χ0) is 19.0. The number of hydrogen-bond donors (Lipinski definition) is 1. The number of aromatic amines is 1. The van der Waals surface area contributed by atoms with Crippen LogP contribution >= 0.6 is 11.6 Å².